The summed E-state index contributed by atoms with van der Waals surface area (Å²) < 4.78 is 1.46. The topological polar surface area (TPSA) is 84.7 Å². The molecule has 0 aliphatic heterocycles. The van der Waals surface area contributed by atoms with E-state index in [-0.39, 0.29) is 5.82 Å². The number of aromatic nitrogens is 2. The molecule has 3 aromatic rings. The summed E-state index contributed by atoms with van der Waals surface area (Å²) in [5.74, 6) is 0.491. The molecule has 24 heavy (non-hydrogen) atoms. The lowest BCUT2D eigenvalue weighted by Gasteiger charge is -2.14. The first-order valence-electron chi connectivity index (χ1n) is 7.61. The van der Waals surface area contributed by atoms with E-state index in [0.29, 0.717) is 33.1 Å². The van der Waals surface area contributed by atoms with Gasteiger partial charge in [0.2, 0.25) is 0 Å². The highest BCUT2D eigenvalue weighted by atomic mass is 35.5. The number of nitriles is 1. The van der Waals surface area contributed by atoms with Crippen LogP contribution in [0.5, 0.6) is 0 Å². The summed E-state index contributed by atoms with van der Waals surface area (Å²) in [6, 6.07) is 12.9. The molecule has 1 aromatic heterocycles. The van der Waals surface area contributed by atoms with E-state index < -0.39 is 5.69 Å². The zero-order chi connectivity index (χ0) is 16.8. The van der Waals surface area contributed by atoms with Gasteiger partial charge in [-0.05, 0) is 48.6 Å². The molecular weight excluding hydrogens is 324 g/mol. The molecule has 118 valence electrons. The average Bonchev–Trinajstić information content (AvgIpc) is 3.40. The monoisotopic (exact) mass is 336 g/mol. The minimum Gasteiger partial charge on any atom is -0.383 e. The maximum absolute atomic E-state index is 12.5. The van der Waals surface area contributed by atoms with E-state index in [9.17, 15) is 10.1 Å². The van der Waals surface area contributed by atoms with Crippen LogP contribution in [0.25, 0.3) is 16.6 Å². The van der Waals surface area contributed by atoms with E-state index >= 15 is 0 Å². The molecule has 0 amide bonds. The van der Waals surface area contributed by atoms with Crippen molar-refractivity contribution in [2.75, 3.05) is 5.73 Å². The van der Waals surface area contributed by atoms with Crippen LogP contribution in [0.1, 0.15) is 29.9 Å². The molecule has 2 aromatic carbocycles. The molecule has 6 heteroatoms. The van der Waals surface area contributed by atoms with Crippen molar-refractivity contribution in [3.05, 3.63) is 63.0 Å². The van der Waals surface area contributed by atoms with Gasteiger partial charge in [-0.1, -0.05) is 23.7 Å². The Bertz CT molecular complexity index is 1080. The van der Waals surface area contributed by atoms with Gasteiger partial charge in [0.05, 0.1) is 27.9 Å². The maximum atomic E-state index is 12.5. The second-order valence-electron chi connectivity index (χ2n) is 5.91. The van der Waals surface area contributed by atoms with Gasteiger partial charge in [0.1, 0.15) is 5.82 Å². The third-order valence-electron chi connectivity index (χ3n) is 4.32. The number of benzene rings is 2. The smallest absolute Gasteiger partial charge is 0.354 e. The second kappa shape index (κ2) is 5.36. The van der Waals surface area contributed by atoms with Gasteiger partial charge >= 0.3 is 5.69 Å². The van der Waals surface area contributed by atoms with Crippen LogP contribution < -0.4 is 11.4 Å². The molecule has 0 atom stereocenters. The van der Waals surface area contributed by atoms with Crippen LogP contribution in [-0.2, 0) is 0 Å². The summed E-state index contributed by atoms with van der Waals surface area (Å²) in [5, 5.41) is 10.5. The van der Waals surface area contributed by atoms with Crippen LogP contribution in [0.4, 0.5) is 5.82 Å². The van der Waals surface area contributed by atoms with E-state index in [4.69, 9.17) is 17.3 Å². The molecule has 2 N–H and O–H groups in total. The highest BCUT2D eigenvalue weighted by Gasteiger charge is 2.27. The number of para-hydroxylation sites is 1. The molecule has 0 unspecified atom stereocenters. The summed E-state index contributed by atoms with van der Waals surface area (Å²) in [6.45, 7) is 0. The SMILES string of the molecule is N#Cc1cc2c(N)nc(=O)n(-c3ccccc3Cl)c2cc1C1CC1. The predicted octanol–water partition coefficient (Wildman–Crippen LogP) is 3.37. The fraction of sp³-hybridized carbons (Fsp3) is 0.167. The van der Waals surface area contributed by atoms with Gasteiger partial charge in [-0.15, -0.1) is 0 Å². The zero-order valence-corrected chi connectivity index (χ0v) is 13.4. The molecule has 1 fully saturated rings. The molecule has 1 aliphatic carbocycles. The van der Waals surface area contributed by atoms with Crippen molar-refractivity contribution in [3.8, 4) is 11.8 Å². The van der Waals surface area contributed by atoms with Crippen molar-refractivity contribution in [3.63, 3.8) is 0 Å². The Balaban J connectivity index is 2.14. The quantitative estimate of drug-likeness (QED) is 0.777. The molecule has 4 rings (SSSR count). The summed E-state index contributed by atoms with van der Waals surface area (Å²) in [6.07, 6.45) is 2.11. The van der Waals surface area contributed by atoms with E-state index in [2.05, 4.69) is 11.1 Å². The van der Waals surface area contributed by atoms with Crippen LogP contribution in [0.15, 0.2) is 41.2 Å². The second-order valence-corrected chi connectivity index (χ2v) is 6.32. The number of hydrogen-bond acceptors (Lipinski definition) is 4. The number of hydrogen-bond donors (Lipinski definition) is 1. The Morgan fingerprint density at radius 1 is 1.29 bits per heavy atom. The standard InChI is InChI=1S/C18H13ClN4O/c19-14-3-1-2-4-15(14)23-16-8-12(10-5-6-10)11(9-20)7-13(16)17(21)22-18(23)24/h1-4,7-8,10H,5-6H2,(H2,21,22,24). The normalized spacial score (nSPS) is 13.8. The van der Waals surface area contributed by atoms with Crippen LogP contribution in [0.2, 0.25) is 5.02 Å². The first-order valence-corrected chi connectivity index (χ1v) is 7.99. The number of halogens is 1. The van der Waals surface area contributed by atoms with Crippen LogP contribution in [0.3, 0.4) is 0 Å². The van der Waals surface area contributed by atoms with Crippen molar-refractivity contribution in [1.82, 2.24) is 9.55 Å². The minimum absolute atomic E-state index is 0.122. The Labute approximate surface area is 142 Å². The van der Waals surface area contributed by atoms with Crippen molar-refractivity contribution in [1.29, 1.82) is 5.26 Å². The van der Waals surface area contributed by atoms with Crippen LogP contribution in [-0.4, -0.2) is 9.55 Å². The van der Waals surface area contributed by atoms with Gasteiger partial charge < -0.3 is 5.73 Å². The number of anilines is 1. The molecular formula is C18H13ClN4O. The van der Waals surface area contributed by atoms with Crippen LogP contribution >= 0.6 is 11.6 Å². The largest absolute Gasteiger partial charge is 0.383 e. The van der Waals surface area contributed by atoms with Gasteiger partial charge in [0.15, 0.2) is 0 Å². The Kier molecular flexibility index (Phi) is 3.29. The molecule has 5 nitrogen and oxygen atoms in total. The van der Waals surface area contributed by atoms with E-state index in [1.54, 1.807) is 30.3 Å². The number of nitrogens with two attached hydrogens (primary N) is 1. The first kappa shape index (κ1) is 14.7. The Morgan fingerprint density at radius 3 is 2.71 bits per heavy atom. The molecule has 0 saturated heterocycles. The fourth-order valence-electron chi connectivity index (χ4n) is 3.01. The summed E-state index contributed by atoms with van der Waals surface area (Å²) in [7, 11) is 0. The Morgan fingerprint density at radius 2 is 2.04 bits per heavy atom. The lowest BCUT2D eigenvalue weighted by atomic mass is 10.0. The lowest BCUT2D eigenvalue weighted by Crippen LogP contribution is -2.23. The lowest BCUT2D eigenvalue weighted by molar-refractivity contribution is 0.961. The van der Waals surface area contributed by atoms with Gasteiger partial charge in [-0.3, -0.25) is 4.57 Å². The number of nitrogens with zero attached hydrogens (tertiary/aromatic N) is 3. The number of rotatable bonds is 2. The zero-order valence-electron chi connectivity index (χ0n) is 12.7. The van der Waals surface area contributed by atoms with Crippen molar-refractivity contribution < 1.29 is 0 Å². The third-order valence-corrected chi connectivity index (χ3v) is 4.64. The highest BCUT2D eigenvalue weighted by molar-refractivity contribution is 6.32. The van der Waals surface area contributed by atoms with E-state index in [1.807, 2.05) is 6.07 Å². The Hall–Kier alpha value is -2.84. The average molecular weight is 337 g/mol. The minimum atomic E-state index is -0.487. The molecule has 0 spiro atoms. The number of fused-ring (bicyclic) bond motifs is 1. The maximum Gasteiger partial charge on any atom is 0.354 e. The molecule has 1 saturated carbocycles. The first-order chi connectivity index (χ1) is 11.6. The predicted molar refractivity (Wildman–Crippen MR) is 93.5 cm³/mol. The highest BCUT2D eigenvalue weighted by Crippen LogP contribution is 2.43. The number of nitrogen functional groups attached to an aromatic ring is 1. The van der Waals surface area contributed by atoms with E-state index in [1.165, 1.54) is 4.57 Å². The van der Waals surface area contributed by atoms with Crippen molar-refractivity contribution in [2.45, 2.75) is 18.8 Å². The van der Waals surface area contributed by atoms with Crippen LogP contribution in [0, 0.1) is 11.3 Å². The summed E-state index contributed by atoms with van der Waals surface area (Å²) in [5.41, 5.74) is 8.17. The fourth-order valence-corrected chi connectivity index (χ4v) is 3.23. The molecule has 1 aliphatic rings. The van der Waals surface area contributed by atoms with E-state index in [0.717, 1.165) is 18.4 Å². The van der Waals surface area contributed by atoms with Crippen molar-refractivity contribution >= 4 is 28.3 Å². The molecule has 1 heterocycles. The third kappa shape index (κ3) is 2.24. The van der Waals surface area contributed by atoms with Gasteiger partial charge in [-0.2, -0.15) is 10.2 Å². The molecule has 0 radical (unpaired) electrons. The van der Waals surface area contributed by atoms with Crippen molar-refractivity contribution in [2.24, 2.45) is 0 Å². The summed E-state index contributed by atoms with van der Waals surface area (Å²) >= 11 is 6.27. The van der Waals surface area contributed by atoms with Gasteiger partial charge in [-0.25, -0.2) is 4.79 Å². The van der Waals surface area contributed by atoms with Gasteiger partial charge in [0.25, 0.3) is 0 Å². The summed E-state index contributed by atoms with van der Waals surface area (Å²) in [4.78, 5) is 16.4. The van der Waals surface area contributed by atoms with Gasteiger partial charge in [0, 0.05) is 5.39 Å². The molecule has 0 bridgehead atoms.